The highest BCUT2D eigenvalue weighted by Crippen LogP contribution is 2.14. The van der Waals surface area contributed by atoms with E-state index in [0.717, 1.165) is 25.8 Å². The Balaban J connectivity index is 3.75. The standard InChI is InChI=1S/C11H26N2O/c1-10(2)8-11(3,9-12)13-6-4-5-7-14/h10,13-14H,4-9,12H2,1-3H3. The summed E-state index contributed by atoms with van der Waals surface area (Å²) in [5.74, 6) is 0.661. The van der Waals surface area contributed by atoms with Gasteiger partial charge in [-0.15, -0.1) is 0 Å². The van der Waals surface area contributed by atoms with Crippen molar-refractivity contribution in [3.05, 3.63) is 0 Å². The molecule has 0 amide bonds. The maximum Gasteiger partial charge on any atom is 0.0431 e. The molecule has 14 heavy (non-hydrogen) atoms. The minimum Gasteiger partial charge on any atom is -0.396 e. The lowest BCUT2D eigenvalue weighted by atomic mass is 9.90. The minimum absolute atomic E-state index is 0.0591. The molecule has 0 aliphatic heterocycles. The highest BCUT2D eigenvalue weighted by Gasteiger charge is 2.22. The predicted molar refractivity (Wildman–Crippen MR) is 61.2 cm³/mol. The van der Waals surface area contributed by atoms with E-state index in [4.69, 9.17) is 10.8 Å². The molecule has 0 saturated heterocycles. The van der Waals surface area contributed by atoms with Crippen molar-refractivity contribution in [3.63, 3.8) is 0 Å². The fourth-order valence-corrected chi connectivity index (χ4v) is 1.76. The first kappa shape index (κ1) is 13.9. The Labute approximate surface area is 88.1 Å². The zero-order valence-electron chi connectivity index (χ0n) is 9.84. The largest absolute Gasteiger partial charge is 0.396 e. The van der Waals surface area contributed by atoms with Crippen molar-refractivity contribution in [1.29, 1.82) is 0 Å². The van der Waals surface area contributed by atoms with Gasteiger partial charge in [-0.1, -0.05) is 13.8 Å². The van der Waals surface area contributed by atoms with Gasteiger partial charge in [-0.05, 0) is 38.6 Å². The van der Waals surface area contributed by atoms with Gasteiger partial charge < -0.3 is 16.2 Å². The summed E-state index contributed by atoms with van der Waals surface area (Å²) in [4.78, 5) is 0. The van der Waals surface area contributed by atoms with Crippen molar-refractivity contribution >= 4 is 0 Å². The first-order valence-corrected chi connectivity index (χ1v) is 5.60. The smallest absolute Gasteiger partial charge is 0.0431 e. The SMILES string of the molecule is CC(C)CC(C)(CN)NCCCCO. The Morgan fingerprint density at radius 2 is 2.00 bits per heavy atom. The van der Waals surface area contributed by atoms with E-state index in [-0.39, 0.29) is 12.1 Å². The molecule has 0 fully saturated rings. The van der Waals surface area contributed by atoms with E-state index in [1.54, 1.807) is 0 Å². The second-order valence-electron chi connectivity index (χ2n) is 4.72. The number of aliphatic hydroxyl groups excluding tert-OH is 1. The van der Waals surface area contributed by atoms with Crippen molar-refractivity contribution in [2.75, 3.05) is 19.7 Å². The topological polar surface area (TPSA) is 58.3 Å². The van der Waals surface area contributed by atoms with Crippen LogP contribution in [0.1, 0.15) is 40.0 Å². The lowest BCUT2D eigenvalue weighted by Gasteiger charge is -2.31. The Morgan fingerprint density at radius 3 is 2.43 bits per heavy atom. The number of hydrogen-bond donors (Lipinski definition) is 3. The van der Waals surface area contributed by atoms with E-state index in [1.165, 1.54) is 0 Å². The number of hydrogen-bond acceptors (Lipinski definition) is 3. The molecular weight excluding hydrogens is 176 g/mol. The third kappa shape index (κ3) is 6.35. The molecular formula is C11H26N2O. The van der Waals surface area contributed by atoms with Gasteiger partial charge in [0.1, 0.15) is 0 Å². The van der Waals surface area contributed by atoms with E-state index >= 15 is 0 Å². The summed E-state index contributed by atoms with van der Waals surface area (Å²) in [6, 6.07) is 0. The summed E-state index contributed by atoms with van der Waals surface area (Å²) in [7, 11) is 0. The van der Waals surface area contributed by atoms with Gasteiger partial charge in [0, 0.05) is 18.7 Å². The predicted octanol–water partition coefficient (Wildman–Crippen LogP) is 1.11. The van der Waals surface area contributed by atoms with Crippen molar-refractivity contribution in [1.82, 2.24) is 5.32 Å². The molecule has 0 spiro atoms. The number of rotatable bonds is 8. The van der Waals surface area contributed by atoms with Gasteiger partial charge in [0.15, 0.2) is 0 Å². The first-order chi connectivity index (χ1) is 6.54. The minimum atomic E-state index is 0.0591. The molecule has 0 aromatic rings. The molecule has 86 valence electrons. The van der Waals surface area contributed by atoms with E-state index < -0.39 is 0 Å². The van der Waals surface area contributed by atoms with E-state index in [1.807, 2.05) is 0 Å². The number of unbranched alkanes of at least 4 members (excludes halogenated alkanes) is 1. The molecule has 0 aromatic heterocycles. The fourth-order valence-electron chi connectivity index (χ4n) is 1.76. The van der Waals surface area contributed by atoms with Crippen molar-refractivity contribution < 1.29 is 5.11 Å². The highest BCUT2D eigenvalue weighted by molar-refractivity contribution is 4.84. The lowest BCUT2D eigenvalue weighted by molar-refractivity contribution is 0.268. The molecule has 0 radical (unpaired) electrons. The van der Waals surface area contributed by atoms with Crippen LogP contribution in [0.2, 0.25) is 0 Å². The highest BCUT2D eigenvalue weighted by atomic mass is 16.2. The zero-order valence-corrected chi connectivity index (χ0v) is 9.84. The van der Waals surface area contributed by atoms with Gasteiger partial charge in [0.25, 0.3) is 0 Å². The summed E-state index contributed by atoms with van der Waals surface area (Å²) in [5.41, 5.74) is 5.82. The summed E-state index contributed by atoms with van der Waals surface area (Å²) in [6.07, 6.45) is 2.99. The van der Waals surface area contributed by atoms with E-state index in [0.29, 0.717) is 12.5 Å². The molecule has 4 N–H and O–H groups in total. The van der Waals surface area contributed by atoms with Crippen molar-refractivity contribution in [2.45, 2.75) is 45.6 Å². The average Bonchev–Trinajstić information content (AvgIpc) is 2.11. The normalized spacial score (nSPS) is 15.9. The molecule has 3 nitrogen and oxygen atoms in total. The molecule has 1 unspecified atom stereocenters. The van der Waals surface area contributed by atoms with Crippen LogP contribution in [-0.2, 0) is 0 Å². The Hall–Kier alpha value is -0.120. The third-order valence-electron chi connectivity index (χ3n) is 2.45. The van der Waals surface area contributed by atoms with Gasteiger partial charge in [-0.25, -0.2) is 0 Å². The van der Waals surface area contributed by atoms with Crippen LogP contribution < -0.4 is 11.1 Å². The molecule has 0 aromatic carbocycles. The second-order valence-corrected chi connectivity index (χ2v) is 4.72. The van der Waals surface area contributed by atoms with Crippen LogP contribution in [0.4, 0.5) is 0 Å². The molecule has 0 heterocycles. The van der Waals surface area contributed by atoms with Crippen LogP contribution in [0.3, 0.4) is 0 Å². The molecule has 0 aliphatic rings. The Kier molecular flexibility index (Phi) is 7.15. The van der Waals surface area contributed by atoms with Crippen LogP contribution in [0, 0.1) is 5.92 Å². The van der Waals surface area contributed by atoms with Gasteiger partial charge >= 0.3 is 0 Å². The quantitative estimate of drug-likeness (QED) is 0.517. The average molecular weight is 202 g/mol. The van der Waals surface area contributed by atoms with Gasteiger partial charge in [0.2, 0.25) is 0 Å². The third-order valence-corrected chi connectivity index (χ3v) is 2.45. The lowest BCUT2D eigenvalue weighted by Crippen LogP contribution is -2.49. The maximum atomic E-state index is 8.65. The molecule has 0 bridgehead atoms. The Morgan fingerprint density at radius 1 is 1.36 bits per heavy atom. The molecule has 1 atom stereocenters. The second kappa shape index (κ2) is 7.21. The van der Waals surface area contributed by atoms with Crippen LogP contribution in [0.15, 0.2) is 0 Å². The first-order valence-electron chi connectivity index (χ1n) is 5.60. The van der Waals surface area contributed by atoms with Gasteiger partial charge in [-0.2, -0.15) is 0 Å². The summed E-state index contributed by atoms with van der Waals surface area (Å²) in [6.45, 7) is 8.50. The maximum absolute atomic E-state index is 8.65. The molecule has 0 saturated carbocycles. The number of nitrogens with two attached hydrogens (primary N) is 1. The van der Waals surface area contributed by atoms with Crippen LogP contribution >= 0.6 is 0 Å². The van der Waals surface area contributed by atoms with Gasteiger partial charge in [0.05, 0.1) is 0 Å². The zero-order chi connectivity index (χ0) is 11.0. The van der Waals surface area contributed by atoms with E-state index in [9.17, 15) is 0 Å². The summed E-state index contributed by atoms with van der Waals surface area (Å²) < 4.78 is 0. The Bertz CT molecular complexity index is 139. The molecule has 3 heteroatoms. The number of aliphatic hydroxyl groups is 1. The number of nitrogens with one attached hydrogen (secondary N) is 1. The van der Waals surface area contributed by atoms with Crippen LogP contribution in [-0.4, -0.2) is 30.3 Å². The fraction of sp³-hybridized carbons (Fsp3) is 1.00. The van der Waals surface area contributed by atoms with Crippen molar-refractivity contribution in [2.24, 2.45) is 11.7 Å². The summed E-state index contributed by atoms with van der Waals surface area (Å²) in [5, 5.41) is 12.1. The molecule has 0 aliphatic carbocycles. The summed E-state index contributed by atoms with van der Waals surface area (Å²) >= 11 is 0. The monoisotopic (exact) mass is 202 g/mol. The van der Waals surface area contributed by atoms with Crippen LogP contribution in [0.25, 0.3) is 0 Å². The van der Waals surface area contributed by atoms with Gasteiger partial charge in [-0.3, -0.25) is 0 Å². The van der Waals surface area contributed by atoms with Crippen molar-refractivity contribution in [3.8, 4) is 0 Å². The van der Waals surface area contributed by atoms with E-state index in [2.05, 4.69) is 26.1 Å². The van der Waals surface area contributed by atoms with Crippen LogP contribution in [0.5, 0.6) is 0 Å². The molecule has 0 rings (SSSR count).